The van der Waals surface area contributed by atoms with Crippen LogP contribution in [0.1, 0.15) is 27.6 Å². The Bertz CT molecular complexity index is 1690. The number of carbonyl (C=O) groups excluding carboxylic acids is 2. The Morgan fingerprint density at radius 1 is 1.03 bits per heavy atom. The van der Waals surface area contributed by atoms with Crippen LogP contribution in [0, 0.1) is 10.1 Å². The number of carbonyl (C=O) groups is 2. The number of benzene rings is 3. The smallest absolute Gasteiger partial charge is 0.344 e. The molecule has 5 aromatic rings. The lowest BCUT2D eigenvalue weighted by molar-refractivity contribution is -0.384. The van der Waals surface area contributed by atoms with Crippen molar-refractivity contribution in [2.75, 3.05) is 17.7 Å². The Morgan fingerprint density at radius 3 is 2.41 bits per heavy atom. The number of nitrogens with zero attached hydrogens (tertiary/aromatic N) is 4. The standard InChI is InChI=1S/C26H20N6O5/c1-2-37-26(34)21-22-24(30-20-9-4-3-8-19(20)29-22)31(23(21)27)17-12-10-16(11-13-17)28-25(33)15-6-5-7-18(14-15)32(35)36/h3-14H,2,27H2,1H3,(H,28,33). The fourth-order valence-electron chi connectivity index (χ4n) is 3.99. The molecule has 0 aliphatic carbocycles. The number of nitro groups is 1. The minimum absolute atomic E-state index is 0.122. The van der Waals surface area contributed by atoms with Crippen LogP contribution in [-0.4, -0.2) is 37.9 Å². The molecule has 0 aliphatic heterocycles. The van der Waals surface area contributed by atoms with Gasteiger partial charge in [0.2, 0.25) is 0 Å². The third-order valence-electron chi connectivity index (χ3n) is 5.68. The molecule has 184 valence electrons. The van der Waals surface area contributed by atoms with Gasteiger partial charge in [-0.05, 0) is 49.4 Å². The van der Waals surface area contributed by atoms with Gasteiger partial charge in [-0.2, -0.15) is 0 Å². The highest BCUT2D eigenvalue weighted by atomic mass is 16.6. The van der Waals surface area contributed by atoms with E-state index in [1.165, 1.54) is 24.3 Å². The number of fused-ring (bicyclic) bond motifs is 2. The first kappa shape index (κ1) is 23.4. The maximum atomic E-state index is 12.8. The predicted molar refractivity (Wildman–Crippen MR) is 138 cm³/mol. The minimum atomic E-state index is -0.603. The number of esters is 1. The van der Waals surface area contributed by atoms with E-state index < -0.39 is 16.8 Å². The van der Waals surface area contributed by atoms with E-state index >= 15 is 0 Å². The molecule has 0 bridgehead atoms. The topological polar surface area (TPSA) is 155 Å². The van der Waals surface area contributed by atoms with Crippen LogP contribution in [0.3, 0.4) is 0 Å². The zero-order valence-corrected chi connectivity index (χ0v) is 19.5. The number of nitrogens with two attached hydrogens (primary N) is 1. The Labute approximate surface area is 209 Å². The molecule has 11 nitrogen and oxygen atoms in total. The number of amides is 1. The summed E-state index contributed by atoms with van der Waals surface area (Å²) in [6.07, 6.45) is 0. The largest absolute Gasteiger partial charge is 0.462 e. The normalized spacial score (nSPS) is 10.9. The molecule has 1 amide bonds. The fourth-order valence-corrected chi connectivity index (χ4v) is 3.99. The zero-order chi connectivity index (χ0) is 26.1. The van der Waals surface area contributed by atoms with Crippen molar-refractivity contribution in [3.05, 3.63) is 94.0 Å². The monoisotopic (exact) mass is 496 g/mol. The second-order valence-corrected chi connectivity index (χ2v) is 8.01. The summed E-state index contributed by atoms with van der Waals surface area (Å²) < 4.78 is 6.82. The predicted octanol–water partition coefficient (Wildman–Crippen LogP) is 4.49. The average molecular weight is 496 g/mol. The van der Waals surface area contributed by atoms with E-state index in [2.05, 4.69) is 10.3 Å². The van der Waals surface area contributed by atoms with Gasteiger partial charge >= 0.3 is 5.97 Å². The molecule has 2 heterocycles. The van der Waals surface area contributed by atoms with Gasteiger partial charge in [-0.25, -0.2) is 14.8 Å². The highest BCUT2D eigenvalue weighted by molar-refractivity contribution is 6.09. The van der Waals surface area contributed by atoms with Gasteiger partial charge in [-0.1, -0.05) is 18.2 Å². The summed E-state index contributed by atoms with van der Waals surface area (Å²) in [7, 11) is 0. The van der Waals surface area contributed by atoms with Crippen LogP contribution in [0.4, 0.5) is 17.2 Å². The molecule has 3 aromatic carbocycles. The van der Waals surface area contributed by atoms with Crippen molar-refractivity contribution in [1.29, 1.82) is 0 Å². The zero-order valence-electron chi connectivity index (χ0n) is 19.5. The molecule has 2 aromatic heterocycles. The molecule has 0 radical (unpaired) electrons. The minimum Gasteiger partial charge on any atom is -0.462 e. The Morgan fingerprint density at radius 2 is 1.73 bits per heavy atom. The Kier molecular flexibility index (Phi) is 5.94. The summed E-state index contributed by atoms with van der Waals surface area (Å²) in [5, 5.41) is 13.7. The van der Waals surface area contributed by atoms with Crippen LogP contribution in [0.15, 0.2) is 72.8 Å². The Hall–Kier alpha value is -5.32. The summed E-state index contributed by atoms with van der Waals surface area (Å²) in [6, 6.07) is 19.4. The van der Waals surface area contributed by atoms with Crippen molar-refractivity contribution >= 4 is 51.3 Å². The van der Waals surface area contributed by atoms with Crippen LogP contribution in [-0.2, 0) is 4.74 Å². The van der Waals surface area contributed by atoms with E-state index in [-0.39, 0.29) is 29.2 Å². The van der Waals surface area contributed by atoms with Gasteiger partial charge < -0.3 is 15.8 Å². The third kappa shape index (κ3) is 4.29. The third-order valence-corrected chi connectivity index (χ3v) is 5.68. The number of ether oxygens (including phenoxy) is 1. The molecule has 11 heteroatoms. The number of hydrogen-bond acceptors (Lipinski definition) is 8. The second kappa shape index (κ2) is 9.38. The van der Waals surface area contributed by atoms with Crippen molar-refractivity contribution in [3.63, 3.8) is 0 Å². The fraction of sp³-hybridized carbons (Fsp3) is 0.0769. The summed E-state index contributed by atoms with van der Waals surface area (Å²) in [5.74, 6) is -0.976. The maximum Gasteiger partial charge on any atom is 0.344 e. The van der Waals surface area contributed by atoms with Gasteiger partial charge in [0.15, 0.2) is 5.65 Å². The summed E-state index contributed by atoms with van der Waals surface area (Å²) in [6.45, 7) is 1.87. The number of anilines is 2. The quantitative estimate of drug-likeness (QED) is 0.198. The molecule has 0 unspecified atom stereocenters. The molecular weight excluding hydrogens is 476 g/mol. The molecule has 0 atom stereocenters. The van der Waals surface area contributed by atoms with Gasteiger partial charge in [0, 0.05) is 29.1 Å². The number of nitrogens with one attached hydrogen (secondary N) is 1. The lowest BCUT2D eigenvalue weighted by Crippen LogP contribution is -2.12. The van der Waals surface area contributed by atoms with Crippen molar-refractivity contribution in [1.82, 2.24) is 14.5 Å². The first-order valence-electron chi connectivity index (χ1n) is 11.3. The van der Waals surface area contributed by atoms with Crippen LogP contribution in [0.5, 0.6) is 0 Å². The van der Waals surface area contributed by atoms with Crippen molar-refractivity contribution in [2.24, 2.45) is 0 Å². The van der Waals surface area contributed by atoms with E-state index in [0.717, 1.165) is 0 Å². The van der Waals surface area contributed by atoms with E-state index in [1.807, 2.05) is 18.2 Å². The molecular formula is C26H20N6O5. The second-order valence-electron chi connectivity index (χ2n) is 8.01. The SMILES string of the molecule is CCOC(=O)c1c(N)n(-c2ccc(NC(=O)c3cccc([N+](=O)[O-])c3)cc2)c2nc3ccccc3nc12. The first-order chi connectivity index (χ1) is 17.9. The lowest BCUT2D eigenvalue weighted by atomic mass is 10.2. The molecule has 0 spiro atoms. The van der Waals surface area contributed by atoms with Crippen molar-refractivity contribution in [2.45, 2.75) is 6.92 Å². The van der Waals surface area contributed by atoms with Crippen LogP contribution in [0.25, 0.3) is 27.9 Å². The first-order valence-corrected chi connectivity index (χ1v) is 11.3. The average Bonchev–Trinajstić information content (AvgIpc) is 3.18. The molecule has 5 rings (SSSR count). The van der Waals surface area contributed by atoms with Crippen molar-refractivity contribution < 1.29 is 19.2 Å². The van der Waals surface area contributed by atoms with Gasteiger partial charge in [0.1, 0.15) is 16.9 Å². The van der Waals surface area contributed by atoms with E-state index in [0.29, 0.717) is 33.6 Å². The van der Waals surface area contributed by atoms with E-state index in [1.54, 1.807) is 41.8 Å². The van der Waals surface area contributed by atoms with Crippen molar-refractivity contribution in [3.8, 4) is 5.69 Å². The lowest BCUT2D eigenvalue weighted by Gasteiger charge is -2.10. The number of nitrogen functional groups attached to an aromatic ring is 1. The summed E-state index contributed by atoms with van der Waals surface area (Å²) >= 11 is 0. The number of non-ortho nitro benzene ring substituents is 1. The molecule has 0 aliphatic rings. The van der Waals surface area contributed by atoms with E-state index in [4.69, 9.17) is 15.5 Å². The van der Waals surface area contributed by atoms with Crippen LogP contribution >= 0.6 is 0 Å². The molecule has 0 saturated carbocycles. The number of aromatic nitrogens is 3. The van der Waals surface area contributed by atoms with Crippen LogP contribution in [0.2, 0.25) is 0 Å². The van der Waals surface area contributed by atoms with Gasteiger partial charge in [0.05, 0.1) is 22.6 Å². The van der Waals surface area contributed by atoms with Crippen LogP contribution < -0.4 is 11.1 Å². The number of para-hydroxylation sites is 2. The molecule has 0 saturated heterocycles. The molecule has 37 heavy (non-hydrogen) atoms. The van der Waals surface area contributed by atoms with Gasteiger partial charge in [0.25, 0.3) is 11.6 Å². The molecule has 3 N–H and O–H groups in total. The number of hydrogen-bond donors (Lipinski definition) is 2. The maximum absolute atomic E-state index is 12.8. The highest BCUT2D eigenvalue weighted by Crippen LogP contribution is 2.32. The van der Waals surface area contributed by atoms with Gasteiger partial charge in [-0.3, -0.25) is 19.5 Å². The Balaban J connectivity index is 1.53. The van der Waals surface area contributed by atoms with Gasteiger partial charge in [-0.15, -0.1) is 0 Å². The summed E-state index contributed by atoms with van der Waals surface area (Å²) in [4.78, 5) is 45.1. The van der Waals surface area contributed by atoms with E-state index in [9.17, 15) is 19.7 Å². The number of rotatable bonds is 6. The summed E-state index contributed by atoms with van der Waals surface area (Å²) in [5.41, 5.74) is 9.50. The highest BCUT2D eigenvalue weighted by Gasteiger charge is 2.25. The molecule has 0 fully saturated rings. The number of nitro benzene ring substituents is 1.